The molecule has 1 aromatic rings. The number of para-hydroxylation sites is 1. The van der Waals surface area contributed by atoms with Crippen LogP contribution in [0.15, 0.2) is 24.3 Å². The first-order chi connectivity index (χ1) is 7.68. The summed E-state index contributed by atoms with van der Waals surface area (Å²) in [5, 5.41) is 10.6. The molecule has 0 amide bonds. The van der Waals surface area contributed by atoms with Crippen molar-refractivity contribution in [3.8, 4) is 5.75 Å². The Labute approximate surface area is 98.3 Å². The van der Waals surface area contributed by atoms with Crippen LogP contribution in [0.5, 0.6) is 5.75 Å². The van der Waals surface area contributed by atoms with Crippen LogP contribution in [0, 0.1) is 0 Å². The molecule has 0 radical (unpaired) electrons. The molecule has 90 valence electrons. The second kappa shape index (κ2) is 5.90. The van der Waals surface area contributed by atoms with Gasteiger partial charge in [-0.3, -0.25) is 0 Å². The van der Waals surface area contributed by atoms with Gasteiger partial charge in [0.05, 0.1) is 12.2 Å². The van der Waals surface area contributed by atoms with Crippen LogP contribution in [0.25, 0.3) is 0 Å². The van der Waals surface area contributed by atoms with Crippen LogP contribution in [0.2, 0.25) is 0 Å². The molecule has 0 bridgehead atoms. The minimum absolute atomic E-state index is 0.628. The number of hydrogen-bond acceptors (Lipinski definition) is 2. The van der Waals surface area contributed by atoms with Gasteiger partial charge in [-0.1, -0.05) is 38.5 Å². The van der Waals surface area contributed by atoms with Crippen LogP contribution < -0.4 is 4.74 Å². The van der Waals surface area contributed by atoms with Crippen LogP contribution in [0.4, 0.5) is 0 Å². The third kappa shape index (κ3) is 2.76. The van der Waals surface area contributed by atoms with Crippen molar-refractivity contribution in [2.75, 3.05) is 6.61 Å². The molecule has 0 fully saturated rings. The van der Waals surface area contributed by atoms with Crippen LogP contribution >= 0.6 is 0 Å². The standard InChI is InChI=1S/C14H22O2/c1-4-11-14(15,5-2)12-9-7-8-10-13(12)16-6-3/h7-10,15H,4-6,11H2,1-3H3. The van der Waals surface area contributed by atoms with Gasteiger partial charge in [0, 0.05) is 5.56 Å². The zero-order valence-corrected chi connectivity index (χ0v) is 10.5. The summed E-state index contributed by atoms with van der Waals surface area (Å²) in [5.74, 6) is 0.808. The Morgan fingerprint density at radius 2 is 1.88 bits per heavy atom. The summed E-state index contributed by atoms with van der Waals surface area (Å²) in [4.78, 5) is 0. The maximum atomic E-state index is 10.6. The molecule has 0 saturated carbocycles. The Bertz CT molecular complexity index is 322. The monoisotopic (exact) mass is 222 g/mol. The van der Waals surface area contributed by atoms with Gasteiger partial charge in [-0.25, -0.2) is 0 Å². The van der Waals surface area contributed by atoms with Gasteiger partial charge < -0.3 is 9.84 Å². The SMILES string of the molecule is CCCC(O)(CC)c1ccccc1OCC. The summed E-state index contributed by atoms with van der Waals surface area (Å²) in [6.07, 6.45) is 2.45. The van der Waals surface area contributed by atoms with E-state index in [1.165, 1.54) is 0 Å². The van der Waals surface area contributed by atoms with Gasteiger partial charge in [0.25, 0.3) is 0 Å². The predicted octanol–water partition coefficient (Wildman–Crippen LogP) is 3.48. The van der Waals surface area contributed by atoms with Crippen molar-refractivity contribution < 1.29 is 9.84 Å². The molecule has 16 heavy (non-hydrogen) atoms. The number of hydrogen-bond donors (Lipinski definition) is 1. The zero-order chi connectivity index (χ0) is 12.0. The molecule has 2 nitrogen and oxygen atoms in total. The zero-order valence-electron chi connectivity index (χ0n) is 10.5. The summed E-state index contributed by atoms with van der Waals surface area (Å²) in [5.41, 5.74) is 0.168. The Kier molecular flexibility index (Phi) is 4.81. The third-order valence-electron chi connectivity index (χ3n) is 2.94. The molecular weight excluding hydrogens is 200 g/mol. The third-order valence-corrected chi connectivity index (χ3v) is 2.94. The molecule has 1 aromatic carbocycles. The Balaban J connectivity index is 3.08. The second-order valence-electron chi connectivity index (χ2n) is 4.06. The fourth-order valence-corrected chi connectivity index (χ4v) is 2.05. The number of ether oxygens (including phenoxy) is 1. The number of rotatable bonds is 6. The summed E-state index contributed by atoms with van der Waals surface area (Å²) in [7, 11) is 0. The van der Waals surface area contributed by atoms with Gasteiger partial charge in [0.2, 0.25) is 0 Å². The molecule has 0 heterocycles. The van der Waals surface area contributed by atoms with Crippen molar-refractivity contribution in [3.05, 3.63) is 29.8 Å². The minimum Gasteiger partial charge on any atom is -0.493 e. The van der Waals surface area contributed by atoms with E-state index in [0.29, 0.717) is 13.0 Å². The fourth-order valence-electron chi connectivity index (χ4n) is 2.05. The quantitative estimate of drug-likeness (QED) is 0.798. The highest BCUT2D eigenvalue weighted by Gasteiger charge is 2.28. The van der Waals surface area contributed by atoms with Crippen LogP contribution in [0.1, 0.15) is 45.6 Å². The topological polar surface area (TPSA) is 29.5 Å². The molecule has 1 atom stereocenters. The van der Waals surface area contributed by atoms with Gasteiger partial charge in [-0.2, -0.15) is 0 Å². The van der Waals surface area contributed by atoms with E-state index in [2.05, 4.69) is 6.92 Å². The van der Waals surface area contributed by atoms with Crippen molar-refractivity contribution in [1.82, 2.24) is 0 Å². The number of benzene rings is 1. The highest BCUT2D eigenvalue weighted by atomic mass is 16.5. The average Bonchev–Trinajstić information content (AvgIpc) is 2.30. The van der Waals surface area contributed by atoms with Gasteiger partial charge in [-0.15, -0.1) is 0 Å². The van der Waals surface area contributed by atoms with E-state index < -0.39 is 5.60 Å². The highest BCUT2D eigenvalue weighted by molar-refractivity contribution is 5.37. The first kappa shape index (κ1) is 13.0. The van der Waals surface area contributed by atoms with E-state index in [-0.39, 0.29) is 0 Å². The Morgan fingerprint density at radius 1 is 1.19 bits per heavy atom. The maximum Gasteiger partial charge on any atom is 0.125 e. The summed E-state index contributed by atoms with van der Waals surface area (Å²) in [6.45, 7) is 6.69. The molecule has 0 aliphatic rings. The largest absolute Gasteiger partial charge is 0.493 e. The van der Waals surface area contributed by atoms with Crippen LogP contribution in [0.3, 0.4) is 0 Å². The maximum absolute atomic E-state index is 10.6. The lowest BCUT2D eigenvalue weighted by Crippen LogP contribution is -2.25. The van der Waals surface area contributed by atoms with Crippen molar-refractivity contribution in [2.24, 2.45) is 0 Å². The minimum atomic E-state index is -0.749. The molecular formula is C14H22O2. The normalized spacial score (nSPS) is 14.5. The van der Waals surface area contributed by atoms with E-state index in [9.17, 15) is 5.11 Å². The average molecular weight is 222 g/mol. The van der Waals surface area contributed by atoms with Crippen molar-refractivity contribution in [1.29, 1.82) is 0 Å². The lowest BCUT2D eigenvalue weighted by Gasteiger charge is -2.28. The van der Waals surface area contributed by atoms with E-state index >= 15 is 0 Å². The van der Waals surface area contributed by atoms with Gasteiger partial charge in [-0.05, 0) is 25.8 Å². The van der Waals surface area contributed by atoms with Crippen molar-refractivity contribution >= 4 is 0 Å². The molecule has 0 spiro atoms. The first-order valence-electron chi connectivity index (χ1n) is 6.12. The molecule has 0 aliphatic heterocycles. The van der Waals surface area contributed by atoms with E-state index in [4.69, 9.17) is 4.74 Å². The summed E-state index contributed by atoms with van der Waals surface area (Å²) < 4.78 is 5.57. The molecule has 1 unspecified atom stereocenters. The van der Waals surface area contributed by atoms with E-state index in [1.54, 1.807) is 0 Å². The molecule has 0 saturated heterocycles. The molecule has 0 aliphatic carbocycles. The summed E-state index contributed by atoms with van der Waals surface area (Å²) >= 11 is 0. The summed E-state index contributed by atoms with van der Waals surface area (Å²) in [6, 6.07) is 7.78. The first-order valence-corrected chi connectivity index (χ1v) is 6.12. The highest BCUT2D eigenvalue weighted by Crippen LogP contribution is 2.36. The van der Waals surface area contributed by atoms with Gasteiger partial charge in [0.1, 0.15) is 5.75 Å². The van der Waals surface area contributed by atoms with Crippen molar-refractivity contribution in [3.63, 3.8) is 0 Å². The molecule has 1 N–H and O–H groups in total. The van der Waals surface area contributed by atoms with Gasteiger partial charge >= 0.3 is 0 Å². The molecule has 2 heteroatoms. The lowest BCUT2D eigenvalue weighted by atomic mass is 9.86. The van der Waals surface area contributed by atoms with Crippen LogP contribution in [-0.2, 0) is 5.60 Å². The lowest BCUT2D eigenvalue weighted by molar-refractivity contribution is 0.0199. The number of aliphatic hydroxyl groups is 1. The predicted molar refractivity (Wildman–Crippen MR) is 66.7 cm³/mol. The second-order valence-corrected chi connectivity index (χ2v) is 4.06. The van der Waals surface area contributed by atoms with Crippen molar-refractivity contribution in [2.45, 2.75) is 45.6 Å². The molecule has 0 aromatic heterocycles. The van der Waals surface area contributed by atoms with E-state index in [0.717, 1.165) is 24.2 Å². The molecule has 1 rings (SSSR count). The smallest absolute Gasteiger partial charge is 0.125 e. The van der Waals surface area contributed by atoms with Gasteiger partial charge in [0.15, 0.2) is 0 Å². The fraction of sp³-hybridized carbons (Fsp3) is 0.571. The Morgan fingerprint density at radius 3 is 2.44 bits per heavy atom. The van der Waals surface area contributed by atoms with E-state index in [1.807, 2.05) is 38.1 Å². The Hall–Kier alpha value is -1.02. The van der Waals surface area contributed by atoms with Crippen LogP contribution in [-0.4, -0.2) is 11.7 Å².